The number of aliphatic carboxylic acids is 1. The van der Waals surface area contributed by atoms with E-state index >= 15 is 0 Å². The highest BCUT2D eigenvalue weighted by Crippen LogP contribution is 2.21. The summed E-state index contributed by atoms with van der Waals surface area (Å²) in [6.07, 6.45) is 4.88. The lowest BCUT2D eigenvalue weighted by molar-refractivity contribution is -0.136. The van der Waals surface area contributed by atoms with Gasteiger partial charge in [-0.1, -0.05) is 0 Å². The standard InChI is InChI=1S/C10H9N3O2/c14-10(15)5-9-8(6-12-13-9)7-1-3-11-4-2-7/h1-4,6H,5H2,(H,12,13)(H,14,15). The molecule has 5 heteroatoms. The normalized spacial score (nSPS) is 10.1. The summed E-state index contributed by atoms with van der Waals surface area (Å²) in [6, 6.07) is 3.63. The summed E-state index contributed by atoms with van der Waals surface area (Å²) < 4.78 is 0. The van der Waals surface area contributed by atoms with E-state index in [1.165, 1.54) is 0 Å². The largest absolute Gasteiger partial charge is 0.481 e. The maximum atomic E-state index is 10.6. The van der Waals surface area contributed by atoms with Crippen LogP contribution >= 0.6 is 0 Å². The molecule has 0 atom stereocenters. The minimum Gasteiger partial charge on any atom is -0.481 e. The van der Waals surface area contributed by atoms with E-state index in [4.69, 9.17) is 5.11 Å². The molecule has 0 fully saturated rings. The zero-order chi connectivity index (χ0) is 10.7. The van der Waals surface area contributed by atoms with Crippen molar-refractivity contribution in [2.45, 2.75) is 6.42 Å². The number of H-pyrrole nitrogens is 1. The third-order valence-electron chi connectivity index (χ3n) is 2.04. The number of pyridine rings is 1. The van der Waals surface area contributed by atoms with Gasteiger partial charge in [-0.25, -0.2) is 0 Å². The Kier molecular flexibility index (Phi) is 2.45. The molecule has 76 valence electrons. The predicted octanol–water partition coefficient (Wildman–Crippen LogP) is 1.10. The second-order valence-corrected chi connectivity index (χ2v) is 3.07. The van der Waals surface area contributed by atoms with Gasteiger partial charge in [0, 0.05) is 18.0 Å². The smallest absolute Gasteiger partial charge is 0.309 e. The molecular formula is C10H9N3O2. The van der Waals surface area contributed by atoms with Crippen LogP contribution in [-0.4, -0.2) is 26.3 Å². The molecule has 0 aromatic carbocycles. The summed E-state index contributed by atoms with van der Waals surface area (Å²) in [5, 5.41) is 15.2. The van der Waals surface area contributed by atoms with Gasteiger partial charge in [-0.05, 0) is 17.7 Å². The number of rotatable bonds is 3. The quantitative estimate of drug-likeness (QED) is 0.782. The number of aromatic nitrogens is 3. The van der Waals surface area contributed by atoms with Crippen molar-refractivity contribution in [1.82, 2.24) is 15.2 Å². The summed E-state index contributed by atoms with van der Waals surface area (Å²) in [6.45, 7) is 0. The number of carboxylic acid groups (broad SMARTS) is 1. The molecule has 0 radical (unpaired) electrons. The number of aromatic amines is 1. The fraction of sp³-hybridized carbons (Fsp3) is 0.100. The van der Waals surface area contributed by atoms with Gasteiger partial charge in [-0.15, -0.1) is 0 Å². The van der Waals surface area contributed by atoms with Crippen molar-refractivity contribution in [3.05, 3.63) is 36.4 Å². The third-order valence-corrected chi connectivity index (χ3v) is 2.04. The molecule has 0 bridgehead atoms. The van der Waals surface area contributed by atoms with Gasteiger partial charge in [0.2, 0.25) is 0 Å². The molecule has 2 heterocycles. The Bertz CT molecular complexity index is 465. The van der Waals surface area contributed by atoms with E-state index in [9.17, 15) is 4.79 Å². The third kappa shape index (κ3) is 2.01. The molecule has 0 amide bonds. The van der Waals surface area contributed by atoms with Gasteiger partial charge in [0.1, 0.15) is 0 Å². The van der Waals surface area contributed by atoms with Crippen molar-refractivity contribution >= 4 is 5.97 Å². The average molecular weight is 203 g/mol. The Hall–Kier alpha value is -2.17. The number of nitrogens with zero attached hydrogens (tertiary/aromatic N) is 2. The van der Waals surface area contributed by atoms with Gasteiger partial charge in [0.15, 0.2) is 0 Å². The van der Waals surface area contributed by atoms with Gasteiger partial charge >= 0.3 is 5.97 Å². The summed E-state index contributed by atoms with van der Waals surface area (Å²) in [5.74, 6) is -0.880. The van der Waals surface area contributed by atoms with Crippen molar-refractivity contribution in [2.75, 3.05) is 0 Å². The molecule has 0 aliphatic rings. The summed E-state index contributed by atoms with van der Waals surface area (Å²) >= 11 is 0. The highest BCUT2D eigenvalue weighted by atomic mass is 16.4. The van der Waals surface area contributed by atoms with Gasteiger partial charge in [0.05, 0.1) is 18.3 Å². The molecular weight excluding hydrogens is 194 g/mol. The van der Waals surface area contributed by atoms with Crippen LogP contribution in [0, 0.1) is 0 Å². The van der Waals surface area contributed by atoms with E-state index in [0.717, 1.165) is 11.1 Å². The Labute approximate surface area is 85.8 Å². The Morgan fingerprint density at radius 2 is 2.13 bits per heavy atom. The van der Waals surface area contributed by atoms with Gasteiger partial charge in [-0.2, -0.15) is 5.10 Å². The molecule has 2 aromatic heterocycles. The van der Waals surface area contributed by atoms with Crippen molar-refractivity contribution in [3.63, 3.8) is 0 Å². The van der Waals surface area contributed by atoms with Crippen LogP contribution in [0.2, 0.25) is 0 Å². The Balaban J connectivity index is 2.37. The summed E-state index contributed by atoms with van der Waals surface area (Å²) in [7, 11) is 0. The maximum absolute atomic E-state index is 10.6. The van der Waals surface area contributed by atoms with Gasteiger partial charge in [0.25, 0.3) is 0 Å². The first-order valence-corrected chi connectivity index (χ1v) is 4.42. The van der Waals surface area contributed by atoms with Crippen LogP contribution < -0.4 is 0 Å². The molecule has 0 aliphatic carbocycles. The molecule has 0 saturated carbocycles. The van der Waals surface area contributed by atoms with Crippen LogP contribution in [0.4, 0.5) is 0 Å². The SMILES string of the molecule is O=C(O)Cc1[nH]ncc1-c1ccncc1. The van der Waals surface area contributed by atoms with Crippen LogP contribution in [0.25, 0.3) is 11.1 Å². The van der Waals surface area contributed by atoms with Crippen molar-refractivity contribution < 1.29 is 9.90 Å². The number of carboxylic acids is 1. The molecule has 15 heavy (non-hydrogen) atoms. The summed E-state index contributed by atoms with van der Waals surface area (Å²) in [5.41, 5.74) is 2.32. The second-order valence-electron chi connectivity index (χ2n) is 3.07. The van der Waals surface area contributed by atoms with Crippen LogP contribution in [0.1, 0.15) is 5.69 Å². The van der Waals surface area contributed by atoms with E-state index < -0.39 is 5.97 Å². The Morgan fingerprint density at radius 3 is 2.80 bits per heavy atom. The molecule has 5 nitrogen and oxygen atoms in total. The molecule has 0 spiro atoms. The number of hydrogen-bond donors (Lipinski definition) is 2. The van der Waals surface area contributed by atoms with Crippen molar-refractivity contribution in [2.24, 2.45) is 0 Å². The van der Waals surface area contributed by atoms with Crippen molar-refractivity contribution in [1.29, 1.82) is 0 Å². The van der Waals surface area contributed by atoms with E-state index in [2.05, 4.69) is 15.2 Å². The van der Waals surface area contributed by atoms with Crippen LogP contribution in [0.5, 0.6) is 0 Å². The van der Waals surface area contributed by atoms with Crippen LogP contribution in [-0.2, 0) is 11.2 Å². The first-order chi connectivity index (χ1) is 7.27. The van der Waals surface area contributed by atoms with Gasteiger partial charge < -0.3 is 5.11 Å². The fourth-order valence-electron chi connectivity index (χ4n) is 1.38. The number of hydrogen-bond acceptors (Lipinski definition) is 3. The van der Waals surface area contributed by atoms with E-state index in [1.807, 2.05) is 12.1 Å². The lowest BCUT2D eigenvalue weighted by atomic mass is 10.1. The first-order valence-electron chi connectivity index (χ1n) is 4.42. The highest BCUT2D eigenvalue weighted by molar-refractivity contribution is 5.74. The lowest BCUT2D eigenvalue weighted by Crippen LogP contribution is -2.01. The fourth-order valence-corrected chi connectivity index (χ4v) is 1.38. The zero-order valence-corrected chi connectivity index (χ0v) is 7.84. The maximum Gasteiger partial charge on any atom is 0.309 e. The average Bonchev–Trinajstić information content (AvgIpc) is 2.66. The van der Waals surface area contributed by atoms with Crippen molar-refractivity contribution in [3.8, 4) is 11.1 Å². The molecule has 2 aromatic rings. The van der Waals surface area contributed by atoms with E-state index in [-0.39, 0.29) is 6.42 Å². The molecule has 2 rings (SSSR count). The van der Waals surface area contributed by atoms with Crippen LogP contribution in [0.15, 0.2) is 30.7 Å². The minimum atomic E-state index is -0.880. The Morgan fingerprint density at radius 1 is 1.40 bits per heavy atom. The second kappa shape index (κ2) is 3.91. The highest BCUT2D eigenvalue weighted by Gasteiger charge is 2.10. The molecule has 2 N–H and O–H groups in total. The summed E-state index contributed by atoms with van der Waals surface area (Å²) in [4.78, 5) is 14.5. The van der Waals surface area contributed by atoms with Gasteiger partial charge in [-0.3, -0.25) is 14.9 Å². The van der Waals surface area contributed by atoms with E-state index in [0.29, 0.717) is 5.69 Å². The number of carbonyl (C=O) groups is 1. The minimum absolute atomic E-state index is 0.0579. The zero-order valence-electron chi connectivity index (χ0n) is 7.84. The van der Waals surface area contributed by atoms with Crippen LogP contribution in [0.3, 0.4) is 0 Å². The molecule has 0 aliphatic heterocycles. The first kappa shape index (κ1) is 9.39. The predicted molar refractivity (Wildman–Crippen MR) is 53.2 cm³/mol. The monoisotopic (exact) mass is 203 g/mol. The molecule has 0 saturated heterocycles. The number of nitrogens with one attached hydrogen (secondary N) is 1. The molecule has 0 unspecified atom stereocenters. The lowest BCUT2D eigenvalue weighted by Gasteiger charge is -1.99. The topological polar surface area (TPSA) is 78.9 Å². The van der Waals surface area contributed by atoms with E-state index in [1.54, 1.807) is 18.6 Å².